The largest absolute Gasteiger partial charge is 0.495 e. The highest BCUT2D eigenvalue weighted by molar-refractivity contribution is 6.32. The van der Waals surface area contributed by atoms with Crippen molar-refractivity contribution in [1.82, 2.24) is 0 Å². The summed E-state index contributed by atoms with van der Waals surface area (Å²) in [6.45, 7) is 1.59. The van der Waals surface area contributed by atoms with Gasteiger partial charge in [-0.3, -0.25) is 4.79 Å². The number of rotatable bonds is 4. The standard InChI is InChI=1S/C11H15ClN2O3.ClH/c1-6(13)11(15)14-8-4-7(12)9(16-2)5-10(8)17-3;/h4-6H,13H2,1-3H3,(H,14,15);1H/t6-;/m0./s1. The molecule has 0 fully saturated rings. The molecular formula is C11H16Cl2N2O3. The third-order valence-corrected chi connectivity index (χ3v) is 2.44. The first kappa shape index (κ1) is 16.8. The second-order valence-electron chi connectivity index (χ2n) is 3.46. The van der Waals surface area contributed by atoms with Crippen LogP contribution in [0.5, 0.6) is 11.5 Å². The van der Waals surface area contributed by atoms with Gasteiger partial charge in [-0.05, 0) is 13.0 Å². The smallest absolute Gasteiger partial charge is 0.241 e. The molecule has 0 bridgehead atoms. The molecule has 0 unspecified atom stereocenters. The second-order valence-corrected chi connectivity index (χ2v) is 3.87. The van der Waals surface area contributed by atoms with Crippen LogP contribution in [0.2, 0.25) is 5.02 Å². The lowest BCUT2D eigenvalue weighted by Gasteiger charge is -2.14. The lowest BCUT2D eigenvalue weighted by atomic mass is 10.2. The molecule has 1 atom stereocenters. The Morgan fingerprint density at radius 3 is 2.33 bits per heavy atom. The van der Waals surface area contributed by atoms with Crippen LogP contribution in [0.25, 0.3) is 0 Å². The number of benzene rings is 1. The number of amides is 1. The molecule has 1 amide bonds. The summed E-state index contributed by atoms with van der Waals surface area (Å²) < 4.78 is 10.2. The molecule has 0 saturated heterocycles. The topological polar surface area (TPSA) is 73.6 Å². The number of nitrogens with two attached hydrogens (primary N) is 1. The quantitative estimate of drug-likeness (QED) is 0.891. The molecular weight excluding hydrogens is 279 g/mol. The van der Waals surface area contributed by atoms with Crippen molar-refractivity contribution >= 4 is 35.6 Å². The number of carbonyl (C=O) groups excluding carboxylic acids is 1. The summed E-state index contributed by atoms with van der Waals surface area (Å²) in [5.41, 5.74) is 5.92. The first-order valence-electron chi connectivity index (χ1n) is 4.97. The molecule has 0 aliphatic heterocycles. The Morgan fingerprint density at radius 2 is 1.89 bits per heavy atom. The number of anilines is 1. The Bertz CT molecular complexity index is 425. The number of hydrogen-bond acceptors (Lipinski definition) is 4. The zero-order chi connectivity index (χ0) is 13.0. The van der Waals surface area contributed by atoms with Gasteiger partial charge in [-0.25, -0.2) is 0 Å². The van der Waals surface area contributed by atoms with E-state index in [0.717, 1.165) is 0 Å². The van der Waals surface area contributed by atoms with E-state index in [1.807, 2.05) is 0 Å². The Labute approximate surface area is 117 Å². The summed E-state index contributed by atoms with van der Waals surface area (Å²) in [5.74, 6) is 0.618. The van der Waals surface area contributed by atoms with Gasteiger partial charge in [0.1, 0.15) is 11.5 Å². The van der Waals surface area contributed by atoms with Gasteiger partial charge >= 0.3 is 0 Å². The van der Waals surface area contributed by atoms with Crippen LogP contribution in [0.3, 0.4) is 0 Å². The zero-order valence-electron chi connectivity index (χ0n) is 10.3. The fourth-order valence-electron chi connectivity index (χ4n) is 1.20. The molecule has 18 heavy (non-hydrogen) atoms. The molecule has 1 aromatic carbocycles. The lowest BCUT2D eigenvalue weighted by Crippen LogP contribution is -2.32. The first-order chi connectivity index (χ1) is 7.99. The molecule has 0 saturated carbocycles. The molecule has 0 aliphatic carbocycles. The van der Waals surface area contributed by atoms with Crippen LogP contribution >= 0.6 is 24.0 Å². The van der Waals surface area contributed by atoms with Crippen molar-refractivity contribution in [1.29, 1.82) is 0 Å². The minimum atomic E-state index is -0.611. The van der Waals surface area contributed by atoms with Crippen molar-refractivity contribution in [2.24, 2.45) is 5.73 Å². The van der Waals surface area contributed by atoms with Gasteiger partial charge in [0.15, 0.2) is 0 Å². The van der Waals surface area contributed by atoms with Gasteiger partial charge in [0.05, 0.1) is 31.0 Å². The van der Waals surface area contributed by atoms with E-state index < -0.39 is 6.04 Å². The van der Waals surface area contributed by atoms with Gasteiger partial charge < -0.3 is 20.5 Å². The van der Waals surface area contributed by atoms with Crippen LogP contribution in [0.1, 0.15) is 6.92 Å². The van der Waals surface area contributed by atoms with Crippen molar-refractivity contribution in [2.75, 3.05) is 19.5 Å². The van der Waals surface area contributed by atoms with E-state index in [4.69, 9.17) is 26.8 Å². The van der Waals surface area contributed by atoms with E-state index in [-0.39, 0.29) is 18.3 Å². The van der Waals surface area contributed by atoms with Crippen molar-refractivity contribution in [3.8, 4) is 11.5 Å². The van der Waals surface area contributed by atoms with Crippen LogP contribution in [-0.4, -0.2) is 26.2 Å². The van der Waals surface area contributed by atoms with Gasteiger partial charge in [0.25, 0.3) is 0 Å². The maximum Gasteiger partial charge on any atom is 0.241 e. The van der Waals surface area contributed by atoms with Crippen LogP contribution in [-0.2, 0) is 4.79 Å². The van der Waals surface area contributed by atoms with Gasteiger partial charge in [-0.15, -0.1) is 12.4 Å². The summed E-state index contributed by atoms with van der Waals surface area (Å²) in [4.78, 5) is 11.5. The molecule has 1 aromatic rings. The highest BCUT2D eigenvalue weighted by Gasteiger charge is 2.14. The van der Waals surface area contributed by atoms with Crippen LogP contribution in [0.15, 0.2) is 12.1 Å². The summed E-state index contributed by atoms with van der Waals surface area (Å²) in [6, 6.07) is 2.54. The third-order valence-electron chi connectivity index (χ3n) is 2.15. The molecule has 5 nitrogen and oxygen atoms in total. The van der Waals surface area contributed by atoms with Crippen molar-refractivity contribution < 1.29 is 14.3 Å². The highest BCUT2D eigenvalue weighted by atomic mass is 35.5. The minimum absolute atomic E-state index is 0. The van der Waals surface area contributed by atoms with Crippen molar-refractivity contribution in [3.05, 3.63) is 17.2 Å². The van der Waals surface area contributed by atoms with E-state index in [0.29, 0.717) is 22.2 Å². The molecule has 0 heterocycles. The summed E-state index contributed by atoms with van der Waals surface area (Å²) in [7, 11) is 2.99. The predicted octanol–water partition coefficient (Wildman–Crippen LogP) is 2.06. The Morgan fingerprint density at radius 1 is 1.33 bits per heavy atom. The van der Waals surface area contributed by atoms with E-state index in [9.17, 15) is 4.79 Å². The van der Waals surface area contributed by atoms with Gasteiger partial charge in [0.2, 0.25) is 5.91 Å². The molecule has 1 rings (SSSR count). The van der Waals surface area contributed by atoms with Gasteiger partial charge in [-0.2, -0.15) is 0 Å². The normalized spacial score (nSPS) is 11.2. The Hall–Kier alpha value is -1.17. The third kappa shape index (κ3) is 3.94. The summed E-state index contributed by atoms with van der Waals surface area (Å²) in [5, 5.41) is 3.01. The molecule has 102 valence electrons. The fourth-order valence-corrected chi connectivity index (χ4v) is 1.45. The SMILES string of the molecule is COc1cc(OC)c(NC(=O)[C@H](C)N)cc1Cl.Cl. The monoisotopic (exact) mass is 294 g/mol. The van der Waals surface area contributed by atoms with E-state index in [2.05, 4.69) is 5.32 Å². The lowest BCUT2D eigenvalue weighted by molar-refractivity contribution is -0.117. The van der Waals surface area contributed by atoms with Crippen LogP contribution < -0.4 is 20.5 Å². The predicted molar refractivity (Wildman–Crippen MR) is 74.1 cm³/mol. The first-order valence-corrected chi connectivity index (χ1v) is 5.35. The number of methoxy groups -OCH3 is 2. The average Bonchev–Trinajstić information content (AvgIpc) is 2.29. The van der Waals surface area contributed by atoms with Crippen molar-refractivity contribution in [2.45, 2.75) is 13.0 Å². The maximum atomic E-state index is 11.5. The fraction of sp³-hybridized carbons (Fsp3) is 0.364. The second kappa shape index (κ2) is 7.31. The number of ether oxygens (including phenoxy) is 2. The molecule has 7 heteroatoms. The molecule has 0 aliphatic rings. The highest BCUT2D eigenvalue weighted by Crippen LogP contribution is 2.35. The zero-order valence-corrected chi connectivity index (χ0v) is 11.9. The minimum Gasteiger partial charge on any atom is -0.495 e. The molecule has 3 N–H and O–H groups in total. The van der Waals surface area contributed by atoms with Crippen molar-refractivity contribution in [3.63, 3.8) is 0 Å². The summed E-state index contributed by atoms with van der Waals surface area (Å²) >= 11 is 5.96. The molecule has 0 aromatic heterocycles. The average molecular weight is 295 g/mol. The van der Waals surface area contributed by atoms with Crippen LogP contribution in [0, 0.1) is 0 Å². The maximum absolute atomic E-state index is 11.5. The van der Waals surface area contributed by atoms with Crippen LogP contribution in [0.4, 0.5) is 5.69 Å². The number of hydrogen-bond donors (Lipinski definition) is 2. The number of halogens is 2. The molecule has 0 radical (unpaired) electrons. The Balaban J connectivity index is 0.00000289. The van der Waals surface area contributed by atoms with E-state index in [1.54, 1.807) is 19.1 Å². The van der Waals surface area contributed by atoms with Gasteiger partial charge in [-0.1, -0.05) is 11.6 Å². The summed E-state index contributed by atoms with van der Waals surface area (Å²) in [6.07, 6.45) is 0. The van der Waals surface area contributed by atoms with E-state index in [1.165, 1.54) is 14.2 Å². The molecule has 0 spiro atoms. The number of nitrogens with one attached hydrogen (secondary N) is 1. The number of carbonyl (C=O) groups is 1. The Kier molecular flexibility index (Phi) is 6.83. The van der Waals surface area contributed by atoms with E-state index >= 15 is 0 Å². The van der Waals surface area contributed by atoms with Gasteiger partial charge in [0, 0.05) is 6.07 Å².